The van der Waals surface area contributed by atoms with E-state index in [-0.39, 0.29) is 12.2 Å². The van der Waals surface area contributed by atoms with Crippen molar-refractivity contribution >= 4 is 16.9 Å². The second-order valence-corrected chi connectivity index (χ2v) is 7.45. The summed E-state index contributed by atoms with van der Waals surface area (Å²) in [5.41, 5.74) is 0.863. The molecule has 0 spiro atoms. The van der Waals surface area contributed by atoms with Gasteiger partial charge >= 0.3 is 5.97 Å². The lowest BCUT2D eigenvalue weighted by molar-refractivity contribution is -0.142. The minimum absolute atomic E-state index is 0.173. The molecule has 0 amide bonds. The van der Waals surface area contributed by atoms with Crippen molar-refractivity contribution in [1.82, 2.24) is 4.98 Å². The Bertz CT molecular complexity index is 792. The molecule has 0 unspecified atom stereocenters. The first-order valence-corrected chi connectivity index (χ1v) is 8.42. The van der Waals surface area contributed by atoms with E-state index in [4.69, 9.17) is 5.11 Å². The molecule has 2 aliphatic rings. The fourth-order valence-corrected chi connectivity index (χ4v) is 4.95. The van der Waals surface area contributed by atoms with Crippen LogP contribution in [0.25, 0.3) is 10.9 Å². The van der Waals surface area contributed by atoms with Crippen molar-refractivity contribution in [1.29, 1.82) is 0 Å². The largest absolute Gasteiger partial charge is 0.481 e. The van der Waals surface area contributed by atoms with Crippen LogP contribution in [0.5, 0.6) is 0 Å². The Kier molecular flexibility index (Phi) is 3.57. The molecule has 0 bridgehead atoms. The van der Waals surface area contributed by atoms with Crippen molar-refractivity contribution < 1.29 is 19.4 Å². The maximum atomic E-state index is 13.6. The van der Waals surface area contributed by atoms with E-state index in [0.29, 0.717) is 30.6 Å². The molecule has 4 rings (SSSR count). The van der Waals surface area contributed by atoms with Crippen molar-refractivity contribution in [2.24, 2.45) is 11.8 Å². The van der Waals surface area contributed by atoms with Crippen LogP contribution in [-0.2, 0) is 4.79 Å². The van der Waals surface area contributed by atoms with Crippen molar-refractivity contribution in [3.05, 3.63) is 41.8 Å². The van der Waals surface area contributed by atoms with Crippen LogP contribution in [0.3, 0.4) is 0 Å². The number of carboxylic acids is 1. The highest BCUT2D eigenvalue weighted by atomic mass is 19.1. The van der Waals surface area contributed by atoms with Gasteiger partial charge in [-0.25, -0.2) is 4.39 Å². The highest BCUT2D eigenvalue weighted by Crippen LogP contribution is 2.55. The number of benzene rings is 1. The fraction of sp³-hybridized carbons (Fsp3) is 0.474. The summed E-state index contributed by atoms with van der Waals surface area (Å²) < 4.78 is 13.6. The van der Waals surface area contributed by atoms with Crippen molar-refractivity contribution in [2.45, 2.75) is 43.6 Å². The predicted octanol–water partition coefficient (Wildman–Crippen LogP) is 3.48. The van der Waals surface area contributed by atoms with Crippen LogP contribution in [0.15, 0.2) is 30.5 Å². The molecule has 1 aromatic heterocycles. The third-order valence-electron chi connectivity index (χ3n) is 5.78. The molecule has 0 aliphatic heterocycles. The van der Waals surface area contributed by atoms with Crippen molar-refractivity contribution in [3.63, 3.8) is 0 Å². The molecular weight excluding hydrogens is 309 g/mol. The number of fused-ring (bicyclic) bond motifs is 2. The molecule has 2 aliphatic carbocycles. The van der Waals surface area contributed by atoms with E-state index in [0.717, 1.165) is 29.3 Å². The maximum Gasteiger partial charge on any atom is 0.306 e. The molecule has 1 heterocycles. The Morgan fingerprint density at radius 3 is 2.62 bits per heavy atom. The highest BCUT2D eigenvalue weighted by molar-refractivity contribution is 5.82. The van der Waals surface area contributed by atoms with Crippen molar-refractivity contribution in [3.8, 4) is 0 Å². The van der Waals surface area contributed by atoms with Gasteiger partial charge in [0.2, 0.25) is 0 Å². The second-order valence-electron chi connectivity index (χ2n) is 7.45. The molecule has 5 heteroatoms. The van der Waals surface area contributed by atoms with E-state index in [1.54, 1.807) is 18.3 Å². The summed E-state index contributed by atoms with van der Waals surface area (Å²) in [7, 11) is 0. The number of hydrogen-bond donors (Lipinski definition) is 2. The standard InChI is InChI=1S/C19H20FNO3/c20-14-1-2-17-16(7-14)15(3-4-21-17)11-5-12-8-19(24,10-18(22)23)9-13(12)6-11/h1-4,7,11-13,24H,5-6,8-10H2,(H,22,23)/t11-,12-,13+,19+. The van der Waals surface area contributed by atoms with E-state index in [1.165, 1.54) is 6.07 Å². The molecule has 2 N–H and O–H groups in total. The van der Waals surface area contributed by atoms with E-state index in [1.807, 2.05) is 6.07 Å². The van der Waals surface area contributed by atoms with Crippen LogP contribution >= 0.6 is 0 Å². The van der Waals surface area contributed by atoms with Crippen LogP contribution in [0.2, 0.25) is 0 Å². The van der Waals surface area contributed by atoms with Gasteiger partial charge in [-0.3, -0.25) is 9.78 Å². The van der Waals surface area contributed by atoms with Crippen molar-refractivity contribution in [2.75, 3.05) is 0 Å². The molecule has 2 fully saturated rings. The van der Waals surface area contributed by atoms with Gasteiger partial charge in [-0.05, 0) is 73.3 Å². The average Bonchev–Trinajstić information content (AvgIpc) is 3.00. The first kappa shape index (κ1) is 15.5. The molecule has 4 nitrogen and oxygen atoms in total. The van der Waals surface area contributed by atoms with Gasteiger partial charge in [-0.1, -0.05) is 0 Å². The lowest BCUT2D eigenvalue weighted by Crippen LogP contribution is -2.29. The Morgan fingerprint density at radius 1 is 1.25 bits per heavy atom. The van der Waals surface area contributed by atoms with Crippen LogP contribution in [0, 0.1) is 17.7 Å². The van der Waals surface area contributed by atoms with E-state index in [9.17, 15) is 14.3 Å². The summed E-state index contributed by atoms with van der Waals surface area (Å²) in [6, 6.07) is 6.65. The monoisotopic (exact) mass is 329 g/mol. The Balaban J connectivity index is 1.58. The van der Waals surface area contributed by atoms with Gasteiger partial charge in [-0.15, -0.1) is 0 Å². The molecule has 0 saturated heterocycles. The van der Waals surface area contributed by atoms with Crippen LogP contribution in [0.1, 0.15) is 43.6 Å². The van der Waals surface area contributed by atoms with Gasteiger partial charge in [0.15, 0.2) is 0 Å². The summed E-state index contributed by atoms with van der Waals surface area (Å²) in [4.78, 5) is 15.3. The minimum Gasteiger partial charge on any atom is -0.481 e. The molecular formula is C19H20FNO3. The first-order chi connectivity index (χ1) is 11.4. The summed E-state index contributed by atoms with van der Waals surface area (Å²) in [6.07, 6.45) is 4.54. The third-order valence-corrected chi connectivity index (χ3v) is 5.78. The Labute approximate surface area is 139 Å². The molecule has 0 radical (unpaired) electrons. The number of pyridine rings is 1. The van der Waals surface area contributed by atoms with E-state index in [2.05, 4.69) is 4.98 Å². The normalized spacial score (nSPS) is 32.2. The zero-order chi connectivity index (χ0) is 16.9. The summed E-state index contributed by atoms with van der Waals surface area (Å²) in [6.45, 7) is 0. The van der Waals surface area contributed by atoms with Gasteiger partial charge in [0.05, 0.1) is 17.5 Å². The molecule has 24 heavy (non-hydrogen) atoms. The minimum atomic E-state index is -1.06. The molecule has 126 valence electrons. The smallest absolute Gasteiger partial charge is 0.306 e. The van der Waals surface area contributed by atoms with Gasteiger partial charge in [0.25, 0.3) is 0 Å². The van der Waals surface area contributed by atoms with Gasteiger partial charge in [-0.2, -0.15) is 0 Å². The predicted molar refractivity (Wildman–Crippen MR) is 87.1 cm³/mol. The van der Waals surface area contributed by atoms with Gasteiger partial charge in [0, 0.05) is 11.6 Å². The molecule has 2 saturated carbocycles. The maximum absolute atomic E-state index is 13.6. The zero-order valence-corrected chi connectivity index (χ0v) is 13.3. The van der Waals surface area contributed by atoms with Gasteiger partial charge in [0.1, 0.15) is 5.82 Å². The molecule has 2 aromatic rings. The SMILES string of the molecule is O=C(O)C[C@]1(O)C[C@H]2C[C@@H](c3ccnc4ccc(F)cc34)C[C@H]2C1. The number of aliphatic carboxylic acids is 1. The number of halogens is 1. The van der Waals surface area contributed by atoms with E-state index < -0.39 is 11.6 Å². The van der Waals surface area contributed by atoms with Gasteiger partial charge < -0.3 is 10.2 Å². The number of nitrogens with zero attached hydrogens (tertiary/aromatic N) is 1. The average molecular weight is 329 g/mol. The number of aliphatic hydroxyl groups is 1. The summed E-state index contributed by atoms with van der Waals surface area (Å²) in [5, 5.41) is 20.3. The molecule has 1 aromatic carbocycles. The summed E-state index contributed by atoms with van der Waals surface area (Å²) in [5.74, 6) is -0.190. The Morgan fingerprint density at radius 2 is 1.96 bits per heavy atom. The fourth-order valence-electron chi connectivity index (χ4n) is 4.95. The van der Waals surface area contributed by atoms with E-state index >= 15 is 0 Å². The third kappa shape index (κ3) is 2.67. The number of rotatable bonds is 3. The summed E-state index contributed by atoms with van der Waals surface area (Å²) >= 11 is 0. The van der Waals surface area contributed by atoms with Crippen LogP contribution < -0.4 is 0 Å². The quantitative estimate of drug-likeness (QED) is 0.904. The highest BCUT2D eigenvalue weighted by Gasteiger charge is 2.49. The van der Waals surface area contributed by atoms with Crippen LogP contribution in [-0.4, -0.2) is 26.8 Å². The molecule has 4 atom stereocenters. The number of hydrogen-bond acceptors (Lipinski definition) is 3. The second kappa shape index (κ2) is 5.52. The number of carbonyl (C=O) groups is 1. The van der Waals surface area contributed by atoms with Crippen LogP contribution in [0.4, 0.5) is 4.39 Å². The number of aromatic nitrogens is 1. The Hall–Kier alpha value is -2.01. The zero-order valence-electron chi connectivity index (χ0n) is 13.3. The lowest BCUT2D eigenvalue weighted by atomic mass is 9.88. The lowest BCUT2D eigenvalue weighted by Gasteiger charge is -2.23. The number of carboxylic acid groups (broad SMARTS) is 1. The first-order valence-electron chi connectivity index (χ1n) is 8.42. The topological polar surface area (TPSA) is 70.4 Å².